The summed E-state index contributed by atoms with van der Waals surface area (Å²) in [7, 11) is 0. The molecule has 0 aromatic rings. The average molecular weight is 226 g/mol. The number of rotatable bonds is 4. The van der Waals surface area contributed by atoms with Crippen molar-refractivity contribution in [3.05, 3.63) is 11.1 Å². The van der Waals surface area contributed by atoms with Crippen LogP contribution in [0.15, 0.2) is 11.1 Å². The van der Waals surface area contributed by atoms with Gasteiger partial charge in [-0.05, 0) is 20.8 Å². The Morgan fingerprint density at radius 1 is 1.06 bits per heavy atom. The van der Waals surface area contributed by atoms with Gasteiger partial charge in [0.15, 0.2) is 0 Å². The molecule has 0 amide bonds. The third kappa shape index (κ3) is 5.10. The van der Waals surface area contributed by atoms with Crippen molar-refractivity contribution in [1.82, 2.24) is 0 Å². The summed E-state index contributed by atoms with van der Waals surface area (Å²) in [6, 6.07) is 0. The molecule has 0 aromatic heterocycles. The molecular formula is C13H22O3. The first-order chi connectivity index (χ1) is 7.16. The molecule has 0 N–H and O–H groups in total. The van der Waals surface area contributed by atoms with E-state index in [1.165, 1.54) is 0 Å². The predicted octanol–water partition coefficient (Wildman–Crippen LogP) is 2.89. The summed E-state index contributed by atoms with van der Waals surface area (Å²) in [5, 5.41) is 0. The van der Waals surface area contributed by atoms with Gasteiger partial charge in [-0.25, -0.2) is 4.79 Å². The first-order valence-electron chi connectivity index (χ1n) is 5.50. The Morgan fingerprint density at radius 3 is 1.94 bits per heavy atom. The van der Waals surface area contributed by atoms with Crippen LogP contribution < -0.4 is 0 Å². The number of hydrogen-bond acceptors (Lipinski definition) is 3. The zero-order valence-electron chi connectivity index (χ0n) is 11.1. The van der Waals surface area contributed by atoms with Gasteiger partial charge in [-0.2, -0.15) is 0 Å². The Hall–Kier alpha value is -1.12. The summed E-state index contributed by atoms with van der Waals surface area (Å²) < 4.78 is 5.01. The Bertz CT molecular complexity index is 302. The van der Waals surface area contributed by atoms with Crippen LogP contribution in [-0.2, 0) is 14.3 Å². The van der Waals surface area contributed by atoms with Crippen molar-refractivity contribution in [2.75, 3.05) is 6.61 Å². The third-order valence-corrected chi connectivity index (χ3v) is 2.45. The second-order valence-electron chi connectivity index (χ2n) is 5.18. The van der Waals surface area contributed by atoms with E-state index < -0.39 is 0 Å². The molecule has 0 heterocycles. The first kappa shape index (κ1) is 14.9. The summed E-state index contributed by atoms with van der Waals surface area (Å²) in [6.45, 7) is 11.2. The number of carbonyl (C=O) groups is 2. The van der Waals surface area contributed by atoms with E-state index in [0.717, 1.165) is 5.57 Å². The molecule has 0 fully saturated rings. The molecule has 0 aliphatic carbocycles. The molecule has 0 rings (SSSR count). The molecule has 0 aromatic carbocycles. The van der Waals surface area contributed by atoms with Gasteiger partial charge < -0.3 is 4.74 Å². The van der Waals surface area contributed by atoms with Crippen LogP contribution >= 0.6 is 0 Å². The Balaban J connectivity index is 4.07. The standard InChI is InChI=1S/C13H22O3/c1-9(2)10(3)12(15)16-8-7-11(14)13(4,5)6/h7-8H2,1-6H3. The van der Waals surface area contributed by atoms with E-state index in [0.29, 0.717) is 5.57 Å². The molecule has 16 heavy (non-hydrogen) atoms. The maximum absolute atomic E-state index is 11.5. The van der Waals surface area contributed by atoms with Gasteiger partial charge in [-0.3, -0.25) is 4.79 Å². The predicted molar refractivity (Wildman–Crippen MR) is 64.1 cm³/mol. The largest absolute Gasteiger partial charge is 0.462 e. The fourth-order valence-corrected chi connectivity index (χ4v) is 0.924. The van der Waals surface area contributed by atoms with Crippen molar-refractivity contribution in [1.29, 1.82) is 0 Å². The lowest BCUT2D eigenvalue weighted by molar-refractivity contribution is -0.140. The number of allylic oxidation sites excluding steroid dienone is 1. The van der Waals surface area contributed by atoms with Gasteiger partial charge in [0.1, 0.15) is 5.78 Å². The SMILES string of the molecule is CC(C)=C(C)C(=O)OCCC(=O)C(C)(C)C. The van der Waals surface area contributed by atoms with Crippen molar-refractivity contribution in [2.24, 2.45) is 5.41 Å². The number of Topliss-reactive ketones (excluding diaryl/α,β-unsaturated/α-hetero) is 1. The molecule has 0 saturated heterocycles. The Morgan fingerprint density at radius 2 is 1.56 bits per heavy atom. The summed E-state index contributed by atoms with van der Waals surface area (Å²) in [5.74, 6) is -0.225. The molecule has 0 bridgehead atoms. The van der Waals surface area contributed by atoms with Gasteiger partial charge in [0.2, 0.25) is 0 Å². The molecule has 0 spiro atoms. The monoisotopic (exact) mass is 226 g/mol. The lowest BCUT2D eigenvalue weighted by Crippen LogP contribution is -2.22. The highest BCUT2D eigenvalue weighted by Crippen LogP contribution is 2.16. The van der Waals surface area contributed by atoms with Gasteiger partial charge in [-0.1, -0.05) is 26.3 Å². The van der Waals surface area contributed by atoms with Crippen LogP contribution in [0.1, 0.15) is 48.0 Å². The highest BCUT2D eigenvalue weighted by molar-refractivity contribution is 5.89. The fourth-order valence-electron chi connectivity index (χ4n) is 0.924. The highest BCUT2D eigenvalue weighted by Gasteiger charge is 2.21. The van der Waals surface area contributed by atoms with Crippen LogP contribution in [0.2, 0.25) is 0 Å². The fraction of sp³-hybridized carbons (Fsp3) is 0.692. The van der Waals surface area contributed by atoms with Crippen molar-refractivity contribution in [3.8, 4) is 0 Å². The maximum Gasteiger partial charge on any atom is 0.333 e. The zero-order valence-corrected chi connectivity index (χ0v) is 11.1. The van der Waals surface area contributed by atoms with Gasteiger partial charge in [-0.15, -0.1) is 0 Å². The van der Waals surface area contributed by atoms with Crippen molar-refractivity contribution in [2.45, 2.75) is 48.0 Å². The molecule has 0 aliphatic rings. The Labute approximate surface area is 97.9 Å². The van der Waals surface area contributed by atoms with E-state index in [1.807, 2.05) is 34.6 Å². The highest BCUT2D eigenvalue weighted by atomic mass is 16.5. The van der Waals surface area contributed by atoms with Crippen molar-refractivity contribution < 1.29 is 14.3 Å². The van der Waals surface area contributed by atoms with Crippen LogP contribution in [-0.4, -0.2) is 18.4 Å². The molecule has 0 radical (unpaired) electrons. The molecule has 0 unspecified atom stereocenters. The summed E-state index contributed by atoms with van der Waals surface area (Å²) in [5.41, 5.74) is 1.19. The minimum Gasteiger partial charge on any atom is -0.462 e. The second kappa shape index (κ2) is 5.83. The van der Waals surface area contributed by atoms with Gasteiger partial charge in [0.05, 0.1) is 6.61 Å². The number of ether oxygens (including phenoxy) is 1. The van der Waals surface area contributed by atoms with Gasteiger partial charge in [0, 0.05) is 17.4 Å². The normalized spacial score (nSPS) is 10.9. The van der Waals surface area contributed by atoms with E-state index in [1.54, 1.807) is 6.92 Å². The molecule has 3 nitrogen and oxygen atoms in total. The van der Waals surface area contributed by atoms with Gasteiger partial charge >= 0.3 is 5.97 Å². The Kier molecular flexibility index (Phi) is 5.42. The van der Waals surface area contributed by atoms with Crippen LogP contribution in [0.4, 0.5) is 0 Å². The molecule has 0 aliphatic heterocycles. The van der Waals surface area contributed by atoms with E-state index >= 15 is 0 Å². The van der Waals surface area contributed by atoms with Crippen molar-refractivity contribution >= 4 is 11.8 Å². The quantitative estimate of drug-likeness (QED) is 0.547. The minimum atomic E-state index is -0.363. The third-order valence-electron chi connectivity index (χ3n) is 2.45. The number of ketones is 1. The molecule has 92 valence electrons. The minimum absolute atomic E-state index is 0.107. The van der Waals surface area contributed by atoms with Crippen LogP contribution in [0, 0.1) is 5.41 Å². The van der Waals surface area contributed by atoms with E-state index in [9.17, 15) is 9.59 Å². The molecular weight excluding hydrogens is 204 g/mol. The lowest BCUT2D eigenvalue weighted by Gasteiger charge is -2.16. The first-order valence-corrected chi connectivity index (χ1v) is 5.50. The second-order valence-corrected chi connectivity index (χ2v) is 5.18. The average Bonchev–Trinajstić information content (AvgIpc) is 2.14. The zero-order chi connectivity index (χ0) is 12.9. The van der Waals surface area contributed by atoms with E-state index in [4.69, 9.17) is 4.74 Å². The topological polar surface area (TPSA) is 43.4 Å². The summed E-state index contributed by atoms with van der Waals surface area (Å²) >= 11 is 0. The number of carbonyl (C=O) groups excluding carboxylic acids is 2. The van der Waals surface area contributed by atoms with Crippen LogP contribution in [0.3, 0.4) is 0 Å². The smallest absolute Gasteiger partial charge is 0.333 e. The van der Waals surface area contributed by atoms with Gasteiger partial charge in [0.25, 0.3) is 0 Å². The van der Waals surface area contributed by atoms with Crippen LogP contribution in [0.25, 0.3) is 0 Å². The van der Waals surface area contributed by atoms with Crippen molar-refractivity contribution in [3.63, 3.8) is 0 Å². The van der Waals surface area contributed by atoms with Crippen LogP contribution in [0.5, 0.6) is 0 Å². The lowest BCUT2D eigenvalue weighted by atomic mass is 9.89. The molecule has 3 heteroatoms. The molecule has 0 saturated carbocycles. The summed E-state index contributed by atoms with van der Waals surface area (Å²) in [4.78, 5) is 23.0. The molecule has 0 atom stereocenters. The maximum atomic E-state index is 11.5. The summed E-state index contributed by atoms with van der Waals surface area (Å²) in [6.07, 6.45) is 0.283. The number of esters is 1. The van der Waals surface area contributed by atoms with E-state index in [-0.39, 0.29) is 30.2 Å². The van der Waals surface area contributed by atoms with E-state index in [2.05, 4.69) is 0 Å². The number of hydrogen-bond donors (Lipinski definition) is 0.